The average molecular weight is 275 g/mol. The van der Waals surface area contributed by atoms with E-state index < -0.39 is 5.97 Å². The normalized spacial score (nSPS) is 11.6. The zero-order valence-corrected chi connectivity index (χ0v) is 11.7. The van der Waals surface area contributed by atoms with Gasteiger partial charge in [0.15, 0.2) is 11.5 Å². The number of hydrogen-bond acceptors (Lipinski definition) is 4. The van der Waals surface area contributed by atoms with E-state index in [4.69, 9.17) is 14.4 Å². The molecule has 1 N–H and O–H groups in total. The minimum Gasteiger partial charge on any atom is -0.476 e. The summed E-state index contributed by atoms with van der Waals surface area (Å²) in [6, 6.07) is 9.12. The van der Waals surface area contributed by atoms with Crippen LogP contribution in [0.4, 0.5) is 0 Å². The van der Waals surface area contributed by atoms with E-state index in [-0.39, 0.29) is 11.3 Å². The predicted octanol–water partition coefficient (Wildman–Crippen LogP) is 3.01. The number of methoxy groups -OCH3 is 1. The van der Waals surface area contributed by atoms with Crippen LogP contribution in [-0.2, 0) is 11.2 Å². The van der Waals surface area contributed by atoms with Gasteiger partial charge in [0.05, 0.1) is 5.60 Å². The molecule has 1 aromatic carbocycles. The summed E-state index contributed by atoms with van der Waals surface area (Å²) in [5.74, 6) is -0.654. The average Bonchev–Trinajstić information content (AvgIpc) is 2.89. The molecule has 0 aliphatic rings. The summed E-state index contributed by atoms with van der Waals surface area (Å²) in [4.78, 5) is 10.8. The first-order valence-corrected chi connectivity index (χ1v) is 6.26. The van der Waals surface area contributed by atoms with E-state index in [1.54, 1.807) is 7.11 Å². The zero-order chi connectivity index (χ0) is 14.8. The van der Waals surface area contributed by atoms with Crippen molar-refractivity contribution in [3.63, 3.8) is 0 Å². The monoisotopic (exact) mass is 275 g/mol. The lowest BCUT2D eigenvalue weighted by atomic mass is 9.97. The van der Waals surface area contributed by atoms with Crippen molar-refractivity contribution < 1.29 is 19.2 Å². The van der Waals surface area contributed by atoms with Crippen LogP contribution in [0.3, 0.4) is 0 Å². The highest BCUT2D eigenvalue weighted by Crippen LogP contribution is 2.23. The number of nitrogens with zero attached hydrogens (tertiary/aromatic N) is 1. The molecule has 2 aromatic rings. The molecule has 0 unspecified atom stereocenters. The topological polar surface area (TPSA) is 72.6 Å². The summed E-state index contributed by atoms with van der Waals surface area (Å²) in [6.45, 7) is 4.05. The van der Waals surface area contributed by atoms with E-state index in [2.05, 4.69) is 5.16 Å². The van der Waals surface area contributed by atoms with Crippen molar-refractivity contribution in [2.24, 2.45) is 0 Å². The van der Waals surface area contributed by atoms with Crippen LogP contribution in [-0.4, -0.2) is 28.9 Å². The Morgan fingerprint density at radius 1 is 1.35 bits per heavy atom. The van der Waals surface area contributed by atoms with Crippen LogP contribution in [0.15, 0.2) is 34.9 Å². The predicted molar refractivity (Wildman–Crippen MR) is 73.7 cm³/mol. The number of aromatic carboxylic acids is 1. The maximum atomic E-state index is 10.8. The van der Waals surface area contributed by atoms with Gasteiger partial charge in [-0.25, -0.2) is 4.79 Å². The zero-order valence-electron chi connectivity index (χ0n) is 11.7. The van der Waals surface area contributed by atoms with E-state index in [1.807, 2.05) is 38.1 Å². The van der Waals surface area contributed by atoms with Crippen molar-refractivity contribution in [2.75, 3.05) is 7.11 Å². The smallest absolute Gasteiger partial charge is 0.358 e. The molecule has 0 bridgehead atoms. The summed E-state index contributed by atoms with van der Waals surface area (Å²) in [5.41, 5.74) is 1.62. The maximum Gasteiger partial charge on any atom is 0.358 e. The molecule has 0 spiro atoms. The molecule has 0 aliphatic carbocycles. The van der Waals surface area contributed by atoms with Crippen LogP contribution in [0, 0.1) is 0 Å². The van der Waals surface area contributed by atoms with Crippen LogP contribution in [0.25, 0.3) is 11.3 Å². The van der Waals surface area contributed by atoms with Crippen molar-refractivity contribution in [1.29, 1.82) is 0 Å². The second kappa shape index (κ2) is 5.46. The fourth-order valence-electron chi connectivity index (χ4n) is 1.86. The summed E-state index contributed by atoms with van der Waals surface area (Å²) >= 11 is 0. The van der Waals surface area contributed by atoms with Gasteiger partial charge in [0, 0.05) is 25.2 Å². The molecule has 106 valence electrons. The second-order valence-corrected chi connectivity index (χ2v) is 5.22. The number of hydrogen-bond donors (Lipinski definition) is 1. The molecule has 2 rings (SSSR count). The molecule has 0 aliphatic heterocycles. The summed E-state index contributed by atoms with van der Waals surface area (Å²) in [7, 11) is 1.69. The van der Waals surface area contributed by atoms with Crippen molar-refractivity contribution in [3.8, 4) is 11.3 Å². The van der Waals surface area contributed by atoms with Crippen LogP contribution in [0.1, 0.15) is 29.9 Å². The summed E-state index contributed by atoms with van der Waals surface area (Å²) in [6.07, 6.45) is 0.792. The number of carboxylic acids is 1. The molecular formula is C15H17NO4. The first-order chi connectivity index (χ1) is 9.41. The Kier molecular flexibility index (Phi) is 3.90. The summed E-state index contributed by atoms with van der Waals surface area (Å²) < 4.78 is 10.4. The van der Waals surface area contributed by atoms with Crippen LogP contribution < -0.4 is 0 Å². The van der Waals surface area contributed by atoms with Crippen LogP contribution in [0.2, 0.25) is 0 Å². The van der Waals surface area contributed by atoms with Gasteiger partial charge in [-0.1, -0.05) is 29.4 Å². The molecule has 5 nitrogen and oxygen atoms in total. The Morgan fingerprint density at radius 3 is 2.50 bits per heavy atom. The third kappa shape index (κ3) is 3.24. The first kappa shape index (κ1) is 14.3. The Balaban J connectivity index is 2.17. The lowest BCUT2D eigenvalue weighted by Crippen LogP contribution is -2.25. The molecule has 0 radical (unpaired) electrons. The Bertz CT molecular complexity index is 599. The Labute approximate surface area is 117 Å². The van der Waals surface area contributed by atoms with E-state index in [0.29, 0.717) is 5.76 Å². The quantitative estimate of drug-likeness (QED) is 0.908. The van der Waals surface area contributed by atoms with Crippen molar-refractivity contribution in [1.82, 2.24) is 5.16 Å². The number of ether oxygens (including phenoxy) is 1. The Hall–Kier alpha value is -2.14. The maximum absolute atomic E-state index is 10.8. The molecule has 1 aromatic heterocycles. The van der Waals surface area contributed by atoms with E-state index in [1.165, 1.54) is 6.07 Å². The molecule has 0 saturated carbocycles. The third-order valence-corrected chi connectivity index (χ3v) is 3.15. The molecular weight excluding hydrogens is 258 g/mol. The van der Waals surface area contributed by atoms with Gasteiger partial charge in [-0.3, -0.25) is 0 Å². The van der Waals surface area contributed by atoms with Gasteiger partial charge in [-0.05, 0) is 19.4 Å². The lowest BCUT2D eigenvalue weighted by Gasteiger charge is -2.22. The molecule has 5 heteroatoms. The molecule has 0 saturated heterocycles. The van der Waals surface area contributed by atoms with Gasteiger partial charge in [-0.2, -0.15) is 0 Å². The number of benzene rings is 1. The fraction of sp³-hybridized carbons (Fsp3) is 0.333. The van der Waals surface area contributed by atoms with Crippen LogP contribution >= 0.6 is 0 Å². The van der Waals surface area contributed by atoms with Crippen molar-refractivity contribution in [3.05, 3.63) is 41.6 Å². The number of carbonyl (C=O) groups is 1. The highest BCUT2D eigenvalue weighted by molar-refractivity contribution is 5.86. The van der Waals surface area contributed by atoms with Crippen molar-refractivity contribution >= 4 is 5.97 Å². The van der Waals surface area contributed by atoms with Gasteiger partial charge in [0.1, 0.15) is 0 Å². The van der Waals surface area contributed by atoms with E-state index >= 15 is 0 Å². The molecule has 0 atom stereocenters. The van der Waals surface area contributed by atoms with Gasteiger partial charge in [-0.15, -0.1) is 0 Å². The second-order valence-electron chi connectivity index (χ2n) is 5.22. The van der Waals surface area contributed by atoms with Gasteiger partial charge < -0.3 is 14.4 Å². The largest absolute Gasteiger partial charge is 0.476 e. The summed E-state index contributed by atoms with van der Waals surface area (Å²) in [5, 5.41) is 12.3. The third-order valence-electron chi connectivity index (χ3n) is 3.15. The number of aromatic nitrogens is 1. The van der Waals surface area contributed by atoms with Gasteiger partial charge in [0.2, 0.25) is 0 Å². The molecule has 0 amide bonds. The molecule has 20 heavy (non-hydrogen) atoms. The first-order valence-electron chi connectivity index (χ1n) is 6.26. The minimum atomic E-state index is -1.10. The van der Waals surface area contributed by atoms with Gasteiger partial charge in [0.25, 0.3) is 0 Å². The minimum absolute atomic E-state index is 0.0930. The number of carboxylic acid groups (broad SMARTS) is 1. The fourth-order valence-corrected chi connectivity index (χ4v) is 1.86. The molecule has 0 fully saturated rings. The van der Waals surface area contributed by atoms with E-state index in [0.717, 1.165) is 17.5 Å². The molecule has 1 heterocycles. The highest BCUT2D eigenvalue weighted by Gasteiger charge is 2.17. The highest BCUT2D eigenvalue weighted by atomic mass is 16.5. The standard InChI is InChI=1S/C15H17NO4/c1-15(2,19-3)9-10-4-6-11(7-5-10)13-8-12(14(17)18)16-20-13/h4-8H,9H2,1-3H3,(H,17,18). The van der Waals surface area contributed by atoms with Crippen molar-refractivity contribution in [2.45, 2.75) is 25.9 Å². The Morgan fingerprint density at radius 2 is 2.00 bits per heavy atom. The van der Waals surface area contributed by atoms with Gasteiger partial charge >= 0.3 is 5.97 Å². The lowest BCUT2D eigenvalue weighted by molar-refractivity contribution is 0.0232. The SMILES string of the molecule is COC(C)(C)Cc1ccc(-c2cc(C(=O)O)no2)cc1. The number of rotatable bonds is 5. The van der Waals surface area contributed by atoms with E-state index in [9.17, 15) is 4.79 Å². The van der Waals surface area contributed by atoms with Crippen LogP contribution in [0.5, 0.6) is 0 Å².